The summed E-state index contributed by atoms with van der Waals surface area (Å²) in [5, 5.41) is 0.729. The minimum atomic E-state index is -0.513. The highest BCUT2D eigenvalue weighted by molar-refractivity contribution is 6.30. The zero-order valence-corrected chi connectivity index (χ0v) is 13.3. The Hall–Kier alpha value is -1.31. The molecule has 0 aliphatic rings. The van der Waals surface area contributed by atoms with Crippen LogP contribution in [0.15, 0.2) is 48.5 Å². The first-order valence-electron chi connectivity index (χ1n) is 6.87. The third kappa shape index (κ3) is 3.05. The van der Waals surface area contributed by atoms with Gasteiger partial charge < -0.3 is 5.73 Å². The van der Waals surface area contributed by atoms with Gasteiger partial charge in [-0.1, -0.05) is 68.8 Å². The second-order valence-corrected chi connectivity index (χ2v) is 6.97. The second kappa shape index (κ2) is 5.23. The van der Waals surface area contributed by atoms with Crippen molar-refractivity contribution in [2.45, 2.75) is 38.6 Å². The Bertz CT molecular complexity index is 574. The SMILES string of the molecule is CC(C)(C)c1ccc(C(C)(N)c2ccc(Cl)cc2)cc1. The minimum Gasteiger partial charge on any atom is -0.318 e. The standard InChI is InChI=1S/C18H22ClN/c1-17(2,3)13-5-7-14(8-6-13)18(4,20)15-9-11-16(19)12-10-15/h5-12H,20H2,1-4H3. The quantitative estimate of drug-likeness (QED) is 0.839. The monoisotopic (exact) mass is 287 g/mol. The van der Waals surface area contributed by atoms with Crippen molar-refractivity contribution < 1.29 is 0 Å². The second-order valence-electron chi connectivity index (χ2n) is 6.54. The fraction of sp³-hybridized carbons (Fsp3) is 0.333. The minimum absolute atomic E-state index is 0.157. The van der Waals surface area contributed by atoms with Gasteiger partial charge in [0.05, 0.1) is 5.54 Å². The van der Waals surface area contributed by atoms with Crippen LogP contribution in [0.1, 0.15) is 44.4 Å². The molecular weight excluding hydrogens is 266 g/mol. The first kappa shape index (κ1) is 15.1. The van der Waals surface area contributed by atoms with Crippen LogP contribution in [0.5, 0.6) is 0 Å². The van der Waals surface area contributed by atoms with Gasteiger partial charge in [0.2, 0.25) is 0 Å². The third-order valence-corrected chi connectivity index (χ3v) is 4.05. The van der Waals surface area contributed by atoms with E-state index in [1.807, 2.05) is 31.2 Å². The van der Waals surface area contributed by atoms with E-state index in [2.05, 4.69) is 45.0 Å². The maximum Gasteiger partial charge on any atom is 0.0636 e. The van der Waals surface area contributed by atoms with Gasteiger partial charge in [0, 0.05) is 5.02 Å². The lowest BCUT2D eigenvalue weighted by Gasteiger charge is -2.27. The summed E-state index contributed by atoms with van der Waals surface area (Å²) in [6.07, 6.45) is 0. The van der Waals surface area contributed by atoms with Crippen molar-refractivity contribution in [2.75, 3.05) is 0 Å². The van der Waals surface area contributed by atoms with Crippen LogP contribution in [0, 0.1) is 0 Å². The highest BCUT2D eigenvalue weighted by Gasteiger charge is 2.24. The van der Waals surface area contributed by atoms with Crippen LogP contribution in [0.25, 0.3) is 0 Å². The van der Waals surface area contributed by atoms with Crippen LogP contribution in [0.4, 0.5) is 0 Å². The molecule has 0 radical (unpaired) electrons. The highest BCUT2D eigenvalue weighted by Crippen LogP contribution is 2.30. The van der Waals surface area contributed by atoms with Crippen LogP contribution >= 0.6 is 11.6 Å². The van der Waals surface area contributed by atoms with Crippen molar-refractivity contribution in [2.24, 2.45) is 5.73 Å². The molecule has 0 aliphatic heterocycles. The highest BCUT2D eigenvalue weighted by atomic mass is 35.5. The zero-order valence-electron chi connectivity index (χ0n) is 12.6. The van der Waals surface area contributed by atoms with Crippen molar-refractivity contribution >= 4 is 11.6 Å². The number of hydrogen-bond donors (Lipinski definition) is 1. The molecular formula is C18H22ClN. The Morgan fingerprint density at radius 3 is 1.45 bits per heavy atom. The predicted molar refractivity (Wildman–Crippen MR) is 87.2 cm³/mol. The van der Waals surface area contributed by atoms with E-state index in [-0.39, 0.29) is 5.41 Å². The molecule has 106 valence electrons. The number of hydrogen-bond acceptors (Lipinski definition) is 1. The van der Waals surface area contributed by atoms with Gasteiger partial charge in [0.1, 0.15) is 0 Å². The van der Waals surface area contributed by atoms with E-state index in [9.17, 15) is 0 Å². The topological polar surface area (TPSA) is 26.0 Å². The van der Waals surface area contributed by atoms with Crippen molar-refractivity contribution in [1.82, 2.24) is 0 Å². The molecule has 0 amide bonds. The Kier molecular flexibility index (Phi) is 3.95. The van der Waals surface area contributed by atoms with E-state index in [1.54, 1.807) is 0 Å². The van der Waals surface area contributed by atoms with E-state index in [1.165, 1.54) is 5.56 Å². The molecule has 0 fully saturated rings. The molecule has 2 aromatic carbocycles. The number of halogens is 1. The van der Waals surface area contributed by atoms with Gasteiger partial charge in [-0.3, -0.25) is 0 Å². The lowest BCUT2D eigenvalue weighted by Crippen LogP contribution is -2.34. The predicted octanol–water partition coefficient (Wildman–Crippen LogP) is 4.86. The van der Waals surface area contributed by atoms with Gasteiger partial charge in [-0.15, -0.1) is 0 Å². The van der Waals surface area contributed by atoms with Gasteiger partial charge >= 0.3 is 0 Å². The molecule has 2 heteroatoms. The molecule has 1 atom stereocenters. The maximum absolute atomic E-state index is 6.53. The summed E-state index contributed by atoms with van der Waals surface area (Å²) < 4.78 is 0. The van der Waals surface area contributed by atoms with Crippen molar-refractivity contribution in [3.8, 4) is 0 Å². The summed E-state index contributed by atoms with van der Waals surface area (Å²) >= 11 is 5.94. The lowest BCUT2D eigenvalue weighted by atomic mass is 9.82. The molecule has 2 N–H and O–H groups in total. The van der Waals surface area contributed by atoms with Gasteiger partial charge in [-0.2, -0.15) is 0 Å². The normalized spacial score (nSPS) is 14.9. The first-order valence-corrected chi connectivity index (χ1v) is 7.25. The molecule has 2 aromatic rings. The van der Waals surface area contributed by atoms with E-state index in [4.69, 9.17) is 17.3 Å². The van der Waals surface area contributed by atoms with Crippen LogP contribution in [0.2, 0.25) is 5.02 Å². The summed E-state index contributed by atoms with van der Waals surface area (Å²) in [4.78, 5) is 0. The number of nitrogens with two attached hydrogens (primary N) is 1. The van der Waals surface area contributed by atoms with Crippen LogP contribution in [0.3, 0.4) is 0 Å². The first-order chi connectivity index (χ1) is 9.21. The Balaban J connectivity index is 2.37. The van der Waals surface area contributed by atoms with E-state index in [0.717, 1.165) is 16.1 Å². The summed E-state index contributed by atoms with van der Waals surface area (Å²) in [6, 6.07) is 16.3. The Morgan fingerprint density at radius 2 is 1.05 bits per heavy atom. The van der Waals surface area contributed by atoms with Gasteiger partial charge in [0.25, 0.3) is 0 Å². The van der Waals surface area contributed by atoms with Crippen molar-refractivity contribution in [3.63, 3.8) is 0 Å². The molecule has 0 aromatic heterocycles. The number of rotatable bonds is 2. The van der Waals surface area contributed by atoms with Gasteiger partial charge in [-0.05, 0) is 41.2 Å². The fourth-order valence-electron chi connectivity index (χ4n) is 2.28. The summed E-state index contributed by atoms with van der Waals surface area (Å²) in [7, 11) is 0. The molecule has 0 saturated carbocycles. The molecule has 0 bridgehead atoms. The average Bonchev–Trinajstić information content (AvgIpc) is 2.38. The van der Waals surface area contributed by atoms with E-state index < -0.39 is 5.54 Å². The lowest BCUT2D eigenvalue weighted by molar-refractivity contribution is 0.582. The van der Waals surface area contributed by atoms with Gasteiger partial charge in [0.15, 0.2) is 0 Å². The Morgan fingerprint density at radius 1 is 0.700 bits per heavy atom. The summed E-state index contributed by atoms with van der Waals surface area (Å²) in [5.74, 6) is 0. The molecule has 1 nitrogen and oxygen atoms in total. The molecule has 0 spiro atoms. The third-order valence-electron chi connectivity index (χ3n) is 3.79. The maximum atomic E-state index is 6.53. The smallest absolute Gasteiger partial charge is 0.0636 e. The fourth-order valence-corrected chi connectivity index (χ4v) is 2.41. The molecule has 0 saturated heterocycles. The molecule has 0 heterocycles. The molecule has 20 heavy (non-hydrogen) atoms. The largest absolute Gasteiger partial charge is 0.318 e. The van der Waals surface area contributed by atoms with E-state index >= 15 is 0 Å². The van der Waals surface area contributed by atoms with Crippen LogP contribution in [-0.4, -0.2) is 0 Å². The van der Waals surface area contributed by atoms with Crippen LogP contribution < -0.4 is 5.73 Å². The summed E-state index contributed by atoms with van der Waals surface area (Å²) in [5.41, 5.74) is 9.65. The molecule has 2 rings (SSSR count). The average molecular weight is 288 g/mol. The summed E-state index contributed by atoms with van der Waals surface area (Å²) in [6.45, 7) is 8.66. The zero-order chi connectivity index (χ0) is 15.0. The number of benzene rings is 2. The van der Waals surface area contributed by atoms with Crippen molar-refractivity contribution in [3.05, 3.63) is 70.2 Å². The molecule has 0 aliphatic carbocycles. The van der Waals surface area contributed by atoms with Gasteiger partial charge in [-0.25, -0.2) is 0 Å². The van der Waals surface area contributed by atoms with Crippen molar-refractivity contribution in [1.29, 1.82) is 0 Å². The Labute approximate surface area is 126 Å². The van der Waals surface area contributed by atoms with Crippen LogP contribution in [-0.2, 0) is 11.0 Å². The van der Waals surface area contributed by atoms with E-state index in [0.29, 0.717) is 0 Å². The molecule has 1 unspecified atom stereocenters.